The molecule has 0 spiro atoms. The Balaban J connectivity index is 0.000000641. The van der Waals surface area contributed by atoms with Crippen molar-refractivity contribution in [1.29, 1.82) is 0 Å². The van der Waals surface area contributed by atoms with Crippen LogP contribution in [0.3, 0.4) is 0 Å². The van der Waals surface area contributed by atoms with Crippen molar-refractivity contribution >= 4 is 46.6 Å². The number of aromatic carboxylic acids is 1. The van der Waals surface area contributed by atoms with E-state index in [4.69, 9.17) is 16.3 Å². The van der Waals surface area contributed by atoms with Crippen LogP contribution in [0.25, 0.3) is 0 Å². The maximum atomic E-state index is 13.0. The standard InChI is InChI=1S/C31H51NO7.C18H38O.C9H3ClO4/c1-21(18-30(3,4)5)15-23(16-22(2)19-31(6,7)8)20-39-29(38)24-9-10-25(26(17-24)28(36)37)27(35)32(11-13-33)12-14-34;1-14(11-17(3,4)5)9-16(13-19)10-15(2)12-18(6,7)8;10-7(11)4-1-2-5-6(3-4)9(13)14-8(5)12/h9-10,17,21-23,33-34H,11-16,18-20H2,1-8H3,(H,36,37);14-16,19H,9-13H2,1-8H3;1-3H. The Hall–Kier alpha value is -4.17. The first kappa shape index (κ1) is 65.8. The van der Waals surface area contributed by atoms with Crippen LogP contribution in [0.1, 0.15) is 224 Å². The lowest BCUT2D eigenvalue weighted by Gasteiger charge is -2.30. The van der Waals surface area contributed by atoms with Gasteiger partial charge in [0.25, 0.3) is 11.1 Å². The Morgan fingerprint density at radius 1 is 0.583 bits per heavy atom. The van der Waals surface area contributed by atoms with Gasteiger partial charge in [-0.15, -0.1) is 0 Å². The Bertz CT molecular complexity index is 2020. The van der Waals surface area contributed by atoms with Gasteiger partial charge in [0.2, 0.25) is 0 Å². The highest BCUT2D eigenvalue weighted by Crippen LogP contribution is 2.35. The molecule has 2 aromatic rings. The molecule has 0 aromatic heterocycles. The van der Waals surface area contributed by atoms with E-state index in [1.165, 1.54) is 60.9 Å². The normalized spacial score (nSPS) is 15.3. The number of nitrogens with zero attached hydrogens (tertiary/aromatic N) is 1. The van der Waals surface area contributed by atoms with Crippen LogP contribution in [0.2, 0.25) is 0 Å². The van der Waals surface area contributed by atoms with Gasteiger partial charge in [0.1, 0.15) is 0 Å². The van der Waals surface area contributed by atoms with Gasteiger partial charge in [-0.1, -0.05) is 111 Å². The van der Waals surface area contributed by atoms with E-state index in [2.05, 4.69) is 116 Å². The van der Waals surface area contributed by atoms with E-state index >= 15 is 0 Å². The van der Waals surface area contributed by atoms with Gasteiger partial charge in [-0.05, 0) is 157 Å². The molecule has 2 aromatic carbocycles. The Morgan fingerprint density at radius 2 is 0.986 bits per heavy atom. The molecule has 1 aliphatic heterocycles. The highest BCUT2D eigenvalue weighted by Gasteiger charge is 2.31. The summed E-state index contributed by atoms with van der Waals surface area (Å²) in [6, 6.07) is 7.80. The number of fused-ring (bicyclic) bond motifs is 1. The zero-order chi connectivity index (χ0) is 55.5. The number of amides is 1. The van der Waals surface area contributed by atoms with E-state index in [-0.39, 0.29) is 83.0 Å². The quantitative estimate of drug-likeness (QED) is 0.0466. The number of carbonyl (C=O) groups is 6. The van der Waals surface area contributed by atoms with Gasteiger partial charge >= 0.3 is 23.9 Å². The molecule has 13 nitrogen and oxygen atoms in total. The van der Waals surface area contributed by atoms with Crippen molar-refractivity contribution in [2.75, 3.05) is 39.5 Å². The maximum absolute atomic E-state index is 13.0. The molecule has 0 aliphatic carbocycles. The summed E-state index contributed by atoms with van der Waals surface area (Å²) in [5, 5.41) is 37.1. The Morgan fingerprint density at radius 3 is 1.36 bits per heavy atom. The number of carbonyl (C=O) groups excluding carboxylic acids is 5. The van der Waals surface area contributed by atoms with Gasteiger partial charge in [0, 0.05) is 25.3 Å². The third-order valence-corrected chi connectivity index (χ3v) is 12.3. The number of hydrogen-bond donors (Lipinski definition) is 4. The monoisotopic (exact) mass is 1030 g/mol. The molecule has 72 heavy (non-hydrogen) atoms. The average molecular weight is 1030 g/mol. The number of carboxylic acids is 1. The summed E-state index contributed by atoms with van der Waals surface area (Å²) in [7, 11) is 0. The van der Waals surface area contributed by atoms with Crippen LogP contribution < -0.4 is 0 Å². The molecule has 4 N–H and O–H groups in total. The number of benzene rings is 2. The minimum absolute atomic E-state index is 0.0507. The summed E-state index contributed by atoms with van der Waals surface area (Å²) in [5.41, 5.74) is 1.23. The van der Waals surface area contributed by atoms with Crippen LogP contribution in [0.4, 0.5) is 0 Å². The molecule has 1 heterocycles. The van der Waals surface area contributed by atoms with Crippen molar-refractivity contribution in [3.63, 3.8) is 0 Å². The summed E-state index contributed by atoms with van der Waals surface area (Å²) in [4.78, 5) is 71.8. The molecule has 0 fully saturated rings. The van der Waals surface area contributed by atoms with Gasteiger partial charge in [0.15, 0.2) is 0 Å². The van der Waals surface area contributed by atoms with Gasteiger partial charge < -0.3 is 34.8 Å². The summed E-state index contributed by atoms with van der Waals surface area (Å²) >= 11 is 5.21. The SMILES string of the molecule is CC(CC(CO)CC(C)CC(C)(C)C)CC(C)(C)C.CC(CC(COC(=O)c1ccc(C(=O)N(CCO)CCO)c(C(=O)O)c1)CC(C)CC(C)(C)C)CC(C)(C)C.O=C(Cl)c1ccc2c(c1)C(=O)OC2=O. The van der Waals surface area contributed by atoms with Crippen LogP contribution in [-0.2, 0) is 9.47 Å². The van der Waals surface area contributed by atoms with E-state index in [0.717, 1.165) is 31.7 Å². The number of carboxylic acid groups (broad SMARTS) is 1. The molecule has 1 amide bonds. The summed E-state index contributed by atoms with van der Waals surface area (Å²) < 4.78 is 10.1. The van der Waals surface area contributed by atoms with Gasteiger partial charge in [0.05, 0.1) is 47.6 Å². The first-order chi connectivity index (χ1) is 33.0. The molecule has 4 atom stereocenters. The minimum atomic E-state index is -1.36. The number of cyclic esters (lactones) is 2. The van der Waals surface area contributed by atoms with Crippen molar-refractivity contribution in [1.82, 2.24) is 4.90 Å². The zero-order valence-corrected chi connectivity index (χ0v) is 47.5. The average Bonchev–Trinajstić information content (AvgIpc) is 3.50. The lowest BCUT2D eigenvalue weighted by molar-refractivity contribution is 0.0385. The summed E-state index contributed by atoms with van der Waals surface area (Å²) in [5.74, 6) is -1.08. The topological polar surface area (TPSA) is 205 Å². The van der Waals surface area contributed by atoms with E-state index in [9.17, 15) is 49.2 Å². The van der Waals surface area contributed by atoms with Crippen LogP contribution in [0.5, 0.6) is 0 Å². The number of halogens is 1. The Kier molecular flexibility index (Phi) is 27.1. The lowest BCUT2D eigenvalue weighted by atomic mass is 9.77. The molecular weight excluding hydrogens is 938 g/mol. The molecule has 0 saturated carbocycles. The lowest BCUT2D eigenvalue weighted by Crippen LogP contribution is -2.36. The summed E-state index contributed by atoms with van der Waals surface area (Å²) in [6.45, 7) is 36.1. The smallest absolute Gasteiger partial charge is 0.346 e. The maximum Gasteiger partial charge on any atom is 0.346 e. The van der Waals surface area contributed by atoms with Crippen molar-refractivity contribution in [3.05, 3.63) is 69.8 Å². The fraction of sp³-hybridized carbons (Fsp3) is 0.690. The highest BCUT2D eigenvalue weighted by molar-refractivity contribution is 6.67. The van der Waals surface area contributed by atoms with E-state index in [1.54, 1.807) is 0 Å². The predicted octanol–water partition coefficient (Wildman–Crippen LogP) is 12.4. The number of esters is 3. The fourth-order valence-corrected chi connectivity index (χ4v) is 10.6. The molecule has 408 valence electrons. The van der Waals surface area contributed by atoms with Crippen LogP contribution in [0, 0.1) is 57.2 Å². The predicted molar refractivity (Wildman–Crippen MR) is 286 cm³/mol. The highest BCUT2D eigenvalue weighted by atomic mass is 35.5. The summed E-state index contributed by atoms with van der Waals surface area (Å²) in [6.07, 6.45) is 8.81. The molecule has 0 bridgehead atoms. The van der Waals surface area contributed by atoms with Gasteiger partial charge in [-0.3, -0.25) is 9.59 Å². The third kappa shape index (κ3) is 26.2. The van der Waals surface area contributed by atoms with Gasteiger partial charge in [-0.25, -0.2) is 19.2 Å². The zero-order valence-electron chi connectivity index (χ0n) is 46.7. The van der Waals surface area contributed by atoms with E-state index < -0.39 is 35.0 Å². The molecule has 14 heteroatoms. The first-order valence-electron chi connectivity index (χ1n) is 25.8. The number of ether oxygens (including phenoxy) is 2. The molecular formula is C58H92ClNO12. The van der Waals surface area contributed by atoms with Crippen LogP contribution >= 0.6 is 11.6 Å². The number of rotatable bonds is 23. The van der Waals surface area contributed by atoms with Crippen molar-refractivity contribution in [2.45, 2.75) is 162 Å². The third-order valence-electron chi connectivity index (χ3n) is 12.1. The molecule has 4 unspecified atom stereocenters. The Labute approximate surface area is 437 Å². The first-order valence-corrected chi connectivity index (χ1v) is 26.1. The number of aliphatic hydroxyl groups excluding tert-OH is 3. The van der Waals surface area contributed by atoms with E-state index in [0.29, 0.717) is 47.0 Å². The second kappa shape index (κ2) is 29.7. The van der Waals surface area contributed by atoms with Crippen LogP contribution in [0.15, 0.2) is 36.4 Å². The number of aliphatic hydroxyl groups is 3. The number of hydrogen-bond acceptors (Lipinski definition) is 11. The molecule has 0 saturated heterocycles. The van der Waals surface area contributed by atoms with Crippen molar-refractivity contribution in [2.24, 2.45) is 57.2 Å². The second-order valence-electron chi connectivity index (χ2n) is 25.5. The molecule has 3 rings (SSSR count). The van der Waals surface area contributed by atoms with Gasteiger partial charge in [-0.2, -0.15) is 0 Å². The largest absolute Gasteiger partial charge is 0.478 e. The molecule has 1 aliphatic rings. The van der Waals surface area contributed by atoms with E-state index in [1.807, 2.05) is 0 Å². The van der Waals surface area contributed by atoms with Crippen LogP contribution in [-0.4, -0.2) is 99.9 Å². The minimum Gasteiger partial charge on any atom is -0.478 e. The van der Waals surface area contributed by atoms with Crippen molar-refractivity contribution in [3.8, 4) is 0 Å². The molecule has 0 radical (unpaired) electrons. The van der Waals surface area contributed by atoms with Crippen molar-refractivity contribution < 1.29 is 58.7 Å². The fourth-order valence-electron chi connectivity index (χ4n) is 10.5. The second-order valence-corrected chi connectivity index (χ2v) is 25.8.